The summed E-state index contributed by atoms with van der Waals surface area (Å²) in [4.78, 5) is 26.8. The first kappa shape index (κ1) is 19.7. The van der Waals surface area contributed by atoms with Crippen LogP contribution in [-0.2, 0) is 9.59 Å². The predicted octanol–water partition coefficient (Wildman–Crippen LogP) is 4.78. The van der Waals surface area contributed by atoms with Crippen LogP contribution in [0.25, 0.3) is 10.9 Å². The van der Waals surface area contributed by atoms with Gasteiger partial charge in [0.1, 0.15) is 5.75 Å². The zero-order valence-electron chi connectivity index (χ0n) is 17.4. The van der Waals surface area contributed by atoms with Gasteiger partial charge < -0.3 is 15.0 Å². The number of phenolic OH excluding ortho intramolecular Hbond substituents is 1. The van der Waals surface area contributed by atoms with E-state index < -0.39 is 5.92 Å². The Morgan fingerprint density at radius 1 is 1.26 bits per heavy atom. The zero-order chi connectivity index (χ0) is 22.0. The smallest absolute Gasteiger partial charge is 0.259 e. The molecule has 5 rings (SSSR count). The maximum absolute atomic E-state index is 13.4. The summed E-state index contributed by atoms with van der Waals surface area (Å²) in [5, 5.41) is 14.7. The number of nitrogens with one attached hydrogen (secondary N) is 1. The Morgan fingerprint density at radius 2 is 2.03 bits per heavy atom. The van der Waals surface area contributed by atoms with Gasteiger partial charge in [0, 0.05) is 41.9 Å². The van der Waals surface area contributed by atoms with Crippen molar-refractivity contribution < 1.29 is 14.7 Å². The maximum Gasteiger partial charge on any atom is 0.259 e. The quantitative estimate of drug-likeness (QED) is 0.607. The van der Waals surface area contributed by atoms with Gasteiger partial charge in [0.2, 0.25) is 5.91 Å². The minimum atomic E-state index is -0.427. The summed E-state index contributed by atoms with van der Waals surface area (Å²) in [7, 11) is 0. The van der Waals surface area contributed by atoms with Crippen LogP contribution in [0, 0.1) is 0 Å². The van der Waals surface area contributed by atoms with Crippen molar-refractivity contribution in [2.75, 3.05) is 11.9 Å². The van der Waals surface area contributed by atoms with E-state index in [1.165, 1.54) is 11.8 Å². The van der Waals surface area contributed by atoms with E-state index >= 15 is 0 Å². The van der Waals surface area contributed by atoms with Crippen molar-refractivity contribution in [3.05, 3.63) is 70.0 Å². The number of anilines is 1. The van der Waals surface area contributed by atoms with Crippen molar-refractivity contribution in [1.29, 1.82) is 0 Å². The number of hydrogen-bond acceptors (Lipinski definition) is 4. The molecule has 31 heavy (non-hydrogen) atoms. The Morgan fingerprint density at radius 3 is 2.71 bits per heavy atom. The number of halogens is 1. The standard InChI is InChI=1S/C24H22ClN3O3/c1-12(2)27-10-15-21(14-7-8-20(30)16(25)9-14)23-18(11-28(13(3)29)24(23)31)26-17-5-4-6-19(27)22(15)17/h4-10,12,21,26,30H,11H2,1-3H3. The van der Waals surface area contributed by atoms with Crippen LogP contribution in [0.4, 0.5) is 5.69 Å². The molecule has 158 valence electrons. The number of amides is 2. The first-order chi connectivity index (χ1) is 14.8. The Labute approximate surface area is 184 Å². The highest BCUT2D eigenvalue weighted by Gasteiger charge is 2.41. The molecule has 2 N–H and O–H groups in total. The molecule has 1 unspecified atom stereocenters. The van der Waals surface area contributed by atoms with Crippen molar-refractivity contribution in [3.63, 3.8) is 0 Å². The van der Waals surface area contributed by atoms with Gasteiger partial charge in [-0.15, -0.1) is 0 Å². The summed E-state index contributed by atoms with van der Waals surface area (Å²) >= 11 is 6.25. The Kier molecular flexibility index (Phi) is 4.38. The Bertz CT molecular complexity index is 1300. The van der Waals surface area contributed by atoms with Gasteiger partial charge in [-0.25, -0.2) is 0 Å². The lowest BCUT2D eigenvalue weighted by atomic mass is 9.84. The zero-order valence-corrected chi connectivity index (χ0v) is 18.2. The molecule has 1 atom stereocenters. The predicted molar refractivity (Wildman–Crippen MR) is 120 cm³/mol. The van der Waals surface area contributed by atoms with Crippen LogP contribution in [0.2, 0.25) is 5.02 Å². The first-order valence-corrected chi connectivity index (χ1v) is 10.6. The minimum Gasteiger partial charge on any atom is -0.506 e. The molecule has 0 saturated heterocycles. The molecule has 0 saturated carbocycles. The molecule has 0 radical (unpaired) electrons. The van der Waals surface area contributed by atoms with Crippen LogP contribution in [0.5, 0.6) is 5.75 Å². The molecule has 0 spiro atoms. The van der Waals surface area contributed by atoms with E-state index in [2.05, 4.69) is 36.0 Å². The van der Waals surface area contributed by atoms with E-state index in [9.17, 15) is 14.7 Å². The Hall–Kier alpha value is -3.25. The van der Waals surface area contributed by atoms with Gasteiger partial charge in [-0.1, -0.05) is 23.7 Å². The largest absolute Gasteiger partial charge is 0.506 e. The molecule has 2 aliphatic heterocycles. The van der Waals surface area contributed by atoms with Crippen LogP contribution in [-0.4, -0.2) is 32.9 Å². The van der Waals surface area contributed by atoms with Crippen molar-refractivity contribution in [3.8, 4) is 5.75 Å². The first-order valence-electron chi connectivity index (χ1n) is 10.2. The molecule has 3 aromatic rings. The van der Waals surface area contributed by atoms with E-state index in [0.29, 0.717) is 11.3 Å². The fourth-order valence-corrected chi connectivity index (χ4v) is 4.90. The number of nitrogens with zero attached hydrogens (tertiary/aromatic N) is 2. The number of carbonyl (C=O) groups excluding carboxylic acids is 2. The van der Waals surface area contributed by atoms with Gasteiger partial charge in [-0.3, -0.25) is 14.5 Å². The number of phenols is 1. The van der Waals surface area contributed by atoms with Gasteiger partial charge in [0.05, 0.1) is 22.7 Å². The van der Waals surface area contributed by atoms with E-state index in [1.807, 2.05) is 12.1 Å². The lowest BCUT2D eigenvalue weighted by Gasteiger charge is -2.20. The third-order valence-corrected chi connectivity index (χ3v) is 6.43. The number of aromatic hydroxyl groups is 1. The van der Waals surface area contributed by atoms with Gasteiger partial charge in [0.25, 0.3) is 5.91 Å². The molecular weight excluding hydrogens is 414 g/mol. The second-order valence-corrected chi connectivity index (χ2v) is 8.76. The third-order valence-electron chi connectivity index (χ3n) is 6.13. The monoisotopic (exact) mass is 435 g/mol. The topological polar surface area (TPSA) is 74.6 Å². The summed E-state index contributed by atoms with van der Waals surface area (Å²) in [6.45, 7) is 5.84. The van der Waals surface area contributed by atoms with Gasteiger partial charge in [0.15, 0.2) is 0 Å². The number of aromatic nitrogens is 1. The summed E-state index contributed by atoms with van der Waals surface area (Å²) in [6, 6.07) is 11.3. The SMILES string of the molecule is CC(=O)N1CC2=C(C1=O)C(c1ccc(O)c(Cl)c1)c1cn(C(C)C)c3cccc(c13)N2. The van der Waals surface area contributed by atoms with Gasteiger partial charge in [-0.2, -0.15) is 0 Å². The van der Waals surface area contributed by atoms with Crippen molar-refractivity contribution >= 4 is 40.0 Å². The third kappa shape index (κ3) is 2.86. The molecule has 2 aromatic carbocycles. The summed E-state index contributed by atoms with van der Waals surface area (Å²) < 4.78 is 2.19. The molecule has 0 aliphatic carbocycles. The number of rotatable bonds is 2. The van der Waals surface area contributed by atoms with Crippen LogP contribution in [0.1, 0.15) is 43.9 Å². The number of hydrogen-bond donors (Lipinski definition) is 2. The van der Waals surface area contributed by atoms with Crippen LogP contribution < -0.4 is 5.32 Å². The number of carbonyl (C=O) groups is 2. The van der Waals surface area contributed by atoms with Crippen molar-refractivity contribution in [2.45, 2.75) is 32.7 Å². The van der Waals surface area contributed by atoms with E-state index in [-0.39, 0.29) is 35.2 Å². The molecule has 7 heteroatoms. The molecular formula is C24H22ClN3O3. The summed E-state index contributed by atoms with van der Waals surface area (Å²) in [5.41, 5.74) is 4.99. The van der Waals surface area contributed by atoms with Gasteiger partial charge in [-0.05, 0) is 49.2 Å². The lowest BCUT2D eigenvalue weighted by Crippen LogP contribution is -2.33. The second-order valence-electron chi connectivity index (χ2n) is 8.36. The van der Waals surface area contributed by atoms with E-state index in [1.54, 1.807) is 18.2 Å². The summed E-state index contributed by atoms with van der Waals surface area (Å²) in [6.07, 6.45) is 2.09. The minimum absolute atomic E-state index is 0.0141. The normalized spacial score (nSPS) is 17.9. The molecule has 1 aromatic heterocycles. The lowest BCUT2D eigenvalue weighted by molar-refractivity contribution is -0.139. The summed E-state index contributed by atoms with van der Waals surface area (Å²) in [5.74, 6) is -1.04. The highest BCUT2D eigenvalue weighted by Crippen LogP contribution is 2.47. The van der Waals surface area contributed by atoms with Gasteiger partial charge >= 0.3 is 0 Å². The van der Waals surface area contributed by atoms with E-state index in [4.69, 9.17) is 11.6 Å². The highest BCUT2D eigenvalue weighted by molar-refractivity contribution is 6.32. The van der Waals surface area contributed by atoms with Crippen molar-refractivity contribution in [2.24, 2.45) is 0 Å². The molecule has 6 nitrogen and oxygen atoms in total. The van der Waals surface area contributed by atoms with Crippen LogP contribution in [0.3, 0.4) is 0 Å². The second kappa shape index (κ2) is 6.89. The van der Waals surface area contributed by atoms with Crippen molar-refractivity contribution in [1.82, 2.24) is 9.47 Å². The fraction of sp³-hybridized carbons (Fsp3) is 0.250. The average Bonchev–Trinajstić information content (AvgIpc) is 3.21. The molecule has 3 heterocycles. The molecule has 0 bridgehead atoms. The molecule has 2 aliphatic rings. The number of benzene rings is 2. The maximum atomic E-state index is 13.4. The Balaban J connectivity index is 1.83. The van der Waals surface area contributed by atoms with Crippen LogP contribution in [0.15, 0.2) is 53.9 Å². The molecule has 0 fully saturated rings. The highest BCUT2D eigenvalue weighted by atomic mass is 35.5. The number of imide groups is 1. The molecule has 2 amide bonds. The average molecular weight is 436 g/mol. The fourth-order valence-electron chi connectivity index (χ4n) is 4.71. The van der Waals surface area contributed by atoms with Crippen LogP contribution >= 0.6 is 11.6 Å². The van der Waals surface area contributed by atoms with E-state index in [0.717, 1.165) is 27.7 Å².